The topological polar surface area (TPSA) is 62.7 Å². The van der Waals surface area contributed by atoms with Gasteiger partial charge in [-0.15, -0.1) is 0 Å². The van der Waals surface area contributed by atoms with Crippen LogP contribution in [0.4, 0.5) is 30.8 Å². The molecule has 0 atom stereocenters. The molecule has 5 nitrogen and oxygen atoms in total. The second kappa shape index (κ2) is 6.80. The van der Waals surface area contributed by atoms with Crippen LogP contribution in [0.25, 0.3) is 0 Å². The first-order valence-corrected chi connectivity index (χ1v) is 7.90. The minimum atomic E-state index is -4.41. The van der Waals surface area contributed by atoms with E-state index in [1.807, 2.05) is 0 Å². The molecule has 3 rings (SSSR count). The summed E-state index contributed by atoms with van der Waals surface area (Å²) in [7, 11) is 0. The predicted molar refractivity (Wildman–Crippen MR) is 85.4 cm³/mol. The average molecular weight is 358 g/mol. The molecule has 1 aromatic carbocycles. The summed E-state index contributed by atoms with van der Waals surface area (Å²) in [5, 5.41) is 5.88. The third-order valence-electron chi connectivity index (χ3n) is 3.74. The Labute approximate surface area is 141 Å². The van der Waals surface area contributed by atoms with Crippen LogP contribution in [0.5, 0.6) is 0 Å². The molecule has 128 valence electrons. The van der Waals surface area contributed by atoms with E-state index >= 15 is 0 Å². The predicted octanol–water partition coefficient (Wildman–Crippen LogP) is 4.64. The molecule has 1 aliphatic carbocycles. The van der Waals surface area contributed by atoms with Gasteiger partial charge in [0.25, 0.3) is 0 Å². The monoisotopic (exact) mass is 357 g/mol. The lowest BCUT2D eigenvalue weighted by Gasteiger charge is -2.13. The highest BCUT2D eigenvalue weighted by atomic mass is 35.5. The van der Waals surface area contributed by atoms with E-state index in [0.717, 1.165) is 37.8 Å². The van der Waals surface area contributed by atoms with Crippen molar-refractivity contribution in [1.82, 2.24) is 15.0 Å². The van der Waals surface area contributed by atoms with Crippen molar-refractivity contribution < 1.29 is 13.2 Å². The molecule has 0 aliphatic heterocycles. The van der Waals surface area contributed by atoms with E-state index in [0.29, 0.717) is 5.95 Å². The Hall–Kier alpha value is -2.09. The molecule has 1 aromatic heterocycles. The number of hydrogen-bond acceptors (Lipinski definition) is 5. The fraction of sp³-hybridized carbons (Fsp3) is 0.400. The maximum Gasteiger partial charge on any atom is 0.416 e. The molecule has 1 aliphatic rings. The first kappa shape index (κ1) is 16.8. The summed E-state index contributed by atoms with van der Waals surface area (Å²) in [6.07, 6.45) is -0.0688. The largest absolute Gasteiger partial charge is 0.416 e. The summed E-state index contributed by atoms with van der Waals surface area (Å²) < 4.78 is 38.3. The highest BCUT2D eigenvalue weighted by molar-refractivity contribution is 6.28. The molecule has 2 aromatic rings. The lowest BCUT2D eigenvalue weighted by atomic mass is 10.2. The SMILES string of the molecule is FC(F)(F)c1cccc(Nc2nc(Cl)nc(NC3CCCC3)n2)c1. The fourth-order valence-electron chi connectivity index (χ4n) is 2.63. The molecular weight excluding hydrogens is 343 g/mol. The summed E-state index contributed by atoms with van der Waals surface area (Å²) in [5.41, 5.74) is -0.532. The van der Waals surface area contributed by atoms with Gasteiger partial charge in [-0.05, 0) is 42.6 Å². The highest BCUT2D eigenvalue weighted by Crippen LogP contribution is 2.31. The zero-order chi connectivity index (χ0) is 17.2. The number of nitrogens with one attached hydrogen (secondary N) is 2. The number of benzene rings is 1. The van der Waals surface area contributed by atoms with E-state index in [4.69, 9.17) is 11.6 Å². The minimum Gasteiger partial charge on any atom is -0.351 e. The van der Waals surface area contributed by atoms with Gasteiger partial charge in [0.2, 0.25) is 17.2 Å². The molecule has 0 spiro atoms. The van der Waals surface area contributed by atoms with Gasteiger partial charge >= 0.3 is 6.18 Å². The number of halogens is 4. The molecule has 0 bridgehead atoms. The van der Waals surface area contributed by atoms with E-state index in [2.05, 4.69) is 25.6 Å². The van der Waals surface area contributed by atoms with E-state index in [1.54, 1.807) is 0 Å². The molecule has 1 fully saturated rings. The second-order valence-electron chi connectivity index (χ2n) is 5.58. The van der Waals surface area contributed by atoms with Crippen LogP contribution in [0.3, 0.4) is 0 Å². The van der Waals surface area contributed by atoms with Crippen molar-refractivity contribution in [2.45, 2.75) is 37.9 Å². The summed E-state index contributed by atoms with van der Waals surface area (Å²) in [6.45, 7) is 0. The normalized spacial score (nSPS) is 15.5. The van der Waals surface area contributed by atoms with Crippen LogP contribution in [-0.4, -0.2) is 21.0 Å². The van der Waals surface area contributed by atoms with Crippen LogP contribution < -0.4 is 10.6 Å². The van der Waals surface area contributed by atoms with Gasteiger partial charge in [0.1, 0.15) is 0 Å². The van der Waals surface area contributed by atoms with Gasteiger partial charge in [0.15, 0.2) is 0 Å². The van der Waals surface area contributed by atoms with Crippen LogP contribution in [0, 0.1) is 0 Å². The molecule has 0 radical (unpaired) electrons. The highest BCUT2D eigenvalue weighted by Gasteiger charge is 2.30. The van der Waals surface area contributed by atoms with Gasteiger partial charge in [0, 0.05) is 11.7 Å². The molecular formula is C15H15ClF3N5. The van der Waals surface area contributed by atoms with Crippen molar-refractivity contribution in [1.29, 1.82) is 0 Å². The second-order valence-corrected chi connectivity index (χ2v) is 5.92. The van der Waals surface area contributed by atoms with Gasteiger partial charge < -0.3 is 10.6 Å². The number of alkyl halides is 3. The third-order valence-corrected chi connectivity index (χ3v) is 3.91. The summed E-state index contributed by atoms with van der Waals surface area (Å²) in [6, 6.07) is 5.08. The molecule has 9 heteroatoms. The van der Waals surface area contributed by atoms with Crippen LogP contribution >= 0.6 is 11.6 Å². The van der Waals surface area contributed by atoms with Crippen molar-refractivity contribution in [2.24, 2.45) is 0 Å². The van der Waals surface area contributed by atoms with Crippen molar-refractivity contribution >= 4 is 29.2 Å². The minimum absolute atomic E-state index is 0.0278. The van der Waals surface area contributed by atoms with Crippen LogP contribution in [0.15, 0.2) is 24.3 Å². The molecule has 1 saturated carbocycles. The van der Waals surface area contributed by atoms with Crippen LogP contribution in [-0.2, 0) is 6.18 Å². The van der Waals surface area contributed by atoms with Crippen molar-refractivity contribution in [2.75, 3.05) is 10.6 Å². The molecule has 0 unspecified atom stereocenters. The Morgan fingerprint density at radius 3 is 2.46 bits per heavy atom. The van der Waals surface area contributed by atoms with Gasteiger partial charge in [-0.2, -0.15) is 28.1 Å². The Kier molecular flexibility index (Phi) is 4.75. The Morgan fingerprint density at radius 2 is 1.75 bits per heavy atom. The quantitative estimate of drug-likeness (QED) is 0.834. The standard InChI is InChI=1S/C15H15ClF3N5/c16-12-22-13(20-10-5-1-2-6-10)24-14(23-12)21-11-7-3-4-9(8-11)15(17,18)19/h3-4,7-8,10H,1-2,5-6H2,(H2,20,21,22,23,24). The third kappa shape index (κ3) is 4.25. The van der Waals surface area contributed by atoms with E-state index in [9.17, 15) is 13.2 Å². The number of anilines is 3. The van der Waals surface area contributed by atoms with Crippen LogP contribution in [0.2, 0.25) is 5.28 Å². The average Bonchev–Trinajstić information content (AvgIpc) is 2.99. The summed E-state index contributed by atoms with van der Waals surface area (Å²) in [5.74, 6) is 0.409. The van der Waals surface area contributed by atoms with Gasteiger partial charge in [0.05, 0.1) is 5.56 Å². The molecule has 24 heavy (non-hydrogen) atoms. The summed E-state index contributed by atoms with van der Waals surface area (Å²) in [4.78, 5) is 12.1. The first-order chi connectivity index (χ1) is 11.4. The molecule has 0 amide bonds. The number of aromatic nitrogens is 3. The zero-order valence-electron chi connectivity index (χ0n) is 12.6. The molecule has 0 saturated heterocycles. The van der Waals surface area contributed by atoms with Crippen LogP contribution in [0.1, 0.15) is 31.2 Å². The number of nitrogens with zero attached hydrogens (tertiary/aromatic N) is 3. The number of rotatable bonds is 4. The fourth-order valence-corrected chi connectivity index (χ4v) is 2.79. The van der Waals surface area contributed by atoms with E-state index < -0.39 is 11.7 Å². The maximum absolute atomic E-state index is 12.8. The molecule has 1 heterocycles. The van der Waals surface area contributed by atoms with E-state index in [1.165, 1.54) is 12.1 Å². The van der Waals surface area contributed by atoms with E-state index in [-0.39, 0.29) is 23.0 Å². The number of hydrogen-bond donors (Lipinski definition) is 2. The van der Waals surface area contributed by atoms with Crippen molar-refractivity contribution in [3.8, 4) is 0 Å². The van der Waals surface area contributed by atoms with Crippen molar-refractivity contribution in [3.63, 3.8) is 0 Å². The van der Waals surface area contributed by atoms with Crippen molar-refractivity contribution in [3.05, 3.63) is 35.1 Å². The lowest BCUT2D eigenvalue weighted by molar-refractivity contribution is -0.137. The Balaban J connectivity index is 1.78. The molecule has 2 N–H and O–H groups in total. The smallest absolute Gasteiger partial charge is 0.351 e. The van der Waals surface area contributed by atoms with Gasteiger partial charge in [-0.1, -0.05) is 18.9 Å². The van der Waals surface area contributed by atoms with Gasteiger partial charge in [-0.3, -0.25) is 0 Å². The van der Waals surface area contributed by atoms with Gasteiger partial charge in [-0.25, -0.2) is 0 Å². The zero-order valence-corrected chi connectivity index (χ0v) is 13.3. The maximum atomic E-state index is 12.8. The Morgan fingerprint density at radius 1 is 1.04 bits per heavy atom. The summed E-state index contributed by atoms with van der Waals surface area (Å²) >= 11 is 5.88. The lowest BCUT2D eigenvalue weighted by Crippen LogP contribution is -2.17. The Bertz CT molecular complexity index is 716. The first-order valence-electron chi connectivity index (χ1n) is 7.52.